The van der Waals surface area contributed by atoms with Gasteiger partial charge >= 0.3 is 0 Å². The van der Waals surface area contributed by atoms with Crippen molar-refractivity contribution in [3.8, 4) is 0 Å². The lowest BCUT2D eigenvalue weighted by Crippen LogP contribution is -2.06. The molecule has 15 heavy (non-hydrogen) atoms. The number of hydrogen-bond donors (Lipinski definition) is 0. The van der Waals surface area contributed by atoms with Crippen LogP contribution in [0.25, 0.3) is 0 Å². The fraction of sp³-hybridized carbons (Fsp3) is 0.100. The highest BCUT2D eigenvalue weighted by Crippen LogP contribution is 2.16. The molecule has 0 fully saturated rings. The second kappa shape index (κ2) is 3.76. The van der Waals surface area contributed by atoms with E-state index in [2.05, 4.69) is 5.10 Å². The Hall–Kier alpha value is -1.78. The van der Waals surface area contributed by atoms with Gasteiger partial charge in [0.05, 0.1) is 6.54 Å². The van der Waals surface area contributed by atoms with Crippen LogP contribution < -0.4 is 0 Å². The van der Waals surface area contributed by atoms with Crippen LogP contribution in [0.15, 0.2) is 30.6 Å². The van der Waals surface area contributed by atoms with Crippen LogP contribution in [0.1, 0.15) is 5.56 Å². The van der Waals surface area contributed by atoms with E-state index in [0.29, 0.717) is 0 Å². The fourth-order valence-corrected chi connectivity index (χ4v) is 1.27. The summed E-state index contributed by atoms with van der Waals surface area (Å²) in [4.78, 5) is 0. The molecule has 0 unspecified atom stereocenters. The smallest absolute Gasteiger partial charge is 0.166 e. The first-order valence-corrected chi connectivity index (χ1v) is 4.28. The minimum Gasteiger partial charge on any atom is -0.268 e. The van der Waals surface area contributed by atoms with Gasteiger partial charge in [-0.05, 0) is 18.2 Å². The summed E-state index contributed by atoms with van der Waals surface area (Å²) in [5, 5.41) is 3.78. The number of benzene rings is 1. The zero-order chi connectivity index (χ0) is 10.8. The van der Waals surface area contributed by atoms with Crippen LogP contribution in [0.3, 0.4) is 0 Å². The minimum atomic E-state index is -1.16. The van der Waals surface area contributed by atoms with E-state index in [1.165, 1.54) is 10.9 Å². The largest absolute Gasteiger partial charge is 0.268 e. The number of halogens is 3. The molecular weight excluding hydrogens is 205 g/mol. The summed E-state index contributed by atoms with van der Waals surface area (Å²) < 4.78 is 40.5. The van der Waals surface area contributed by atoms with E-state index < -0.39 is 17.5 Å². The summed E-state index contributed by atoms with van der Waals surface area (Å²) in [6.45, 7) is -0.123. The lowest BCUT2D eigenvalue weighted by atomic mass is 10.2. The monoisotopic (exact) mass is 212 g/mol. The third kappa shape index (κ3) is 1.86. The highest BCUT2D eigenvalue weighted by atomic mass is 19.2. The summed E-state index contributed by atoms with van der Waals surface area (Å²) in [6.07, 6.45) is 3.03. The van der Waals surface area contributed by atoms with Crippen LogP contribution in [0.5, 0.6) is 0 Å². The first-order valence-electron chi connectivity index (χ1n) is 4.28. The number of aromatic nitrogens is 2. The predicted molar refractivity (Wildman–Crippen MR) is 47.6 cm³/mol. The molecule has 2 nitrogen and oxygen atoms in total. The van der Waals surface area contributed by atoms with E-state index in [1.807, 2.05) is 0 Å². The molecule has 5 heteroatoms. The molecule has 1 heterocycles. The van der Waals surface area contributed by atoms with Gasteiger partial charge < -0.3 is 0 Å². The first-order chi connectivity index (χ1) is 7.18. The van der Waals surface area contributed by atoms with Gasteiger partial charge in [0.1, 0.15) is 5.82 Å². The van der Waals surface area contributed by atoms with Crippen LogP contribution >= 0.6 is 0 Å². The van der Waals surface area contributed by atoms with E-state index in [1.54, 1.807) is 12.3 Å². The fourth-order valence-electron chi connectivity index (χ4n) is 1.27. The van der Waals surface area contributed by atoms with Crippen LogP contribution in [-0.4, -0.2) is 9.78 Å². The van der Waals surface area contributed by atoms with Crippen LogP contribution in [0.2, 0.25) is 0 Å². The van der Waals surface area contributed by atoms with Crippen LogP contribution in [0, 0.1) is 17.5 Å². The molecule has 2 aromatic rings. The number of nitrogens with zero attached hydrogens (tertiary/aromatic N) is 2. The zero-order valence-electron chi connectivity index (χ0n) is 7.62. The summed E-state index contributed by atoms with van der Waals surface area (Å²) in [7, 11) is 0. The Kier molecular flexibility index (Phi) is 2.45. The molecule has 0 saturated heterocycles. The summed E-state index contributed by atoms with van der Waals surface area (Å²) in [6, 6.07) is 3.28. The first kappa shape index (κ1) is 9.76. The topological polar surface area (TPSA) is 17.8 Å². The van der Waals surface area contributed by atoms with E-state index >= 15 is 0 Å². The van der Waals surface area contributed by atoms with Crippen molar-refractivity contribution in [2.45, 2.75) is 6.54 Å². The number of hydrogen-bond acceptors (Lipinski definition) is 1. The van der Waals surface area contributed by atoms with Gasteiger partial charge in [0.25, 0.3) is 0 Å². The molecule has 0 aliphatic carbocycles. The molecule has 0 atom stereocenters. The normalized spacial score (nSPS) is 10.6. The zero-order valence-corrected chi connectivity index (χ0v) is 7.62. The van der Waals surface area contributed by atoms with Crippen LogP contribution in [-0.2, 0) is 6.54 Å². The van der Waals surface area contributed by atoms with E-state index in [-0.39, 0.29) is 12.1 Å². The Balaban J connectivity index is 2.39. The summed E-state index contributed by atoms with van der Waals surface area (Å²) >= 11 is 0. The van der Waals surface area contributed by atoms with Crippen molar-refractivity contribution in [1.82, 2.24) is 9.78 Å². The average molecular weight is 212 g/mol. The third-order valence-electron chi connectivity index (χ3n) is 2.02. The van der Waals surface area contributed by atoms with Gasteiger partial charge in [-0.2, -0.15) is 5.10 Å². The van der Waals surface area contributed by atoms with Gasteiger partial charge in [0.2, 0.25) is 0 Å². The van der Waals surface area contributed by atoms with Crippen molar-refractivity contribution in [3.05, 3.63) is 53.6 Å². The number of rotatable bonds is 2. The standard InChI is InChI=1S/C10H7F3N2/c11-8-2-3-9(12)10(13)7(8)6-15-5-1-4-14-15/h1-5H,6H2. The molecule has 0 bridgehead atoms. The second-order valence-corrected chi connectivity index (χ2v) is 3.03. The Morgan fingerprint density at radius 2 is 1.87 bits per heavy atom. The molecule has 0 amide bonds. The van der Waals surface area contributed by atoms with Gasteiger partial charge in [-0.15, -0.1) is 0 Å². The second-order valence-electron chi connectivity index (χ2n) is 3.03. The molecule has 0 N–H and O–H groups in total. The Bertz CT molecular complexity index is 466. The van der Waals surface area contributed by atoms with Gasteiger partial charge in [-0.1, -0.05) is 0 Å². The Morgan fingerprint density at radius 3 is 2.53 bits per heavy atom. The van der Waals surface area contributed by atoms with Crippen molar-refractivity contribution >= 4 is 0 Å². The molecule has 0 aliphatic heterocycles. The van der Waals surface area contributed by atoms with Crippen molar-refractivity contribution < 1.29 is 13.2 Å². The molecule has 0 aliphatic rings. The van der Waals surface area contributed by atoms with Crippen molar-refractivity contribution in [1.29, 1.82) is 0 Å². The molecule has 1 aromatic heterocycles. The lowest BCUT2D eigenvalue weighted by Gasteiger charge is -2.05. The molecule has 2 rings (SSSR count). The maximum Gasteiger partial charge on any atom is 0.166 e. The Morgan fingerprint density at radius 1 is 1.13 bits per heavy atom. The third-order valence-corrected chi connectivity index (χ3v) is 2.02. The Labute approximate surface area is 84.0 Å². The van der Waals surface area contributed by atoms with Gasteiger partial charge in [0.15, 0.2) is 11.6 Å². The summed E-state index contributed by atoms with van der Waals surface area (Å²) in [5.41, 5.74) is -0.321. The predicted octanol–water partition coefficient (Wildman–Crippen LogP) is 2.35. The van der Waals surface area contributed by atoms with E-state index in [0.717, 1.165) is 12.1 Å². The molecule has 0 radical (unpaired) electrons. The van der Waals surface area contributed by atoms with Gasteiger partial charge in [-0.3, -0.25) is 4.68 Å². The minimum absolute atomic E-state index is 0.123. The van der Waals surface area contributed by atoms with Crippen LogP contribution in [0.4, 0.5) is 13.2 Å². The highest BCUT2D eigenvalue weighted by Gasteiger charge is 2.13. The molecule has 0 saturated carbocycles. The van der Waals surface area contributed by atoms with E-state index in [4.69, 9.17) is 0 Å². The van der Waals surface area contributed by atoms with E-state index in [9.17, 15) is 13.2 Å². The SMILES string of the molecule is Fc1ccc(F)c(Cn2cccn2)c1F. The summed E-state index contributed by atoms with van der Waals surface area (Å²) in [5.74, 6) is -2.99. The quantitative estimate of drug-likeness (QED) is 0.698. The van der Waals surface area contributed by atoms with Gasteiger partial charge in [-0.25, -0.2) is 13.2 Å². The van der Waals surface area contributed by atoms with Crippen molar-refractivity contribution in [2.75, 3.05) is 0 Å². The molecule has 1 aromatic carbocycles. The van der Waals surface area contributed by atoms with Gasteiger partial charge in [0, 0.05) is 18.0 Å². The lowest BCUT2D eigenvalue weighted by molar-refractivity contribution is 0.470. The average Bonchev–Trinajstić information content (AvgIpc) is 2.71. The maximum absolute atomic E-state index is 13.2. The molecule has 78 valence electrons. The molecule has 0 spiro atoms. The van der Waals surface area contributed by atoms with Crippen molar-refractivity contribution in [3.63, 3.8) is 0 Å². The molecular formula is C10H7F3N2. The highest BCUT2D eigenvalue weighted by molar-refractivity contribution is 5.21. The van der Waals surface area contributed by atoms with Crippen molar-refractivity contribution in [2.24, 2.45) is 0 Å². The maximum atomic E-state index is 13.2.